The molecule has 0 spiro atoms. The molecule has 6 rings (SSSR count). The Hall–Kier alpha value is -3.78. The highest BCUT2D eigenvalue weighted by molar-refractivity contribution is 5.93. The fraction of sp³-hybridized carbons (Fsp3) is 0.538. The van der Waals surface area contributed by atoms with Gasteiger partial charge in [-0.2, -0.15) is 20.3 Å². The molecule has 1 aliphatic carbocycles. The van der Waals surface area contributed by atoms with Gasteiger partial charge in [0.2, 0.25) is 0 Å². The third kappa shape index (κ3) is 4.69. The van der Waals surface area contributed by atoms with Gasteiger partial charge in [0.05, 0.1) is 23.3 Å². The van der Waals surface area contributed by atoms with Gasteiger partial charge in [0.25, 0.3) is 5.91 Å². The van der Waals surface area contributed by atoms with Crippen LogP contribution in [0.3, 0.4) is 0 Å². The van der Waals surface area contributed by atoms with E-state index in [1.807, 2.05) is 6.07 Å². The maximum Gasteiger partial charge on any atom is 0.319 e. The van der Waals surface area contributed by atoms with Gasteiger partial charge in [-0.05, 0) is 44.2 Å². The largest absolute Gasteiger partial charge is 0.462 e. The molecule has 0 unspecified atom stereocenters. The number of nitrogens with one attached hydrogen (secondary N) is 1. The van der Waals surface area contributed by atoms with Crippen molar-refractivity contribution in [1.29, 1.82) is 5.26 Å². The van der Waals surface area contributed by atoms with E-state index in [1.165, 1.54) is 0 Å². The molecule has 2 saturated heterocycles. The molecule has 3 aromatic rings. The summed E-state index contributed by atoms with van der Waals surface area (Å²) in [6.07, 6.45) is 6.03. The Balaban J connectivity index is 1.21. The second-order valence-electron chi connectivity index (χ2n) is 10.2. The van der Waals surface area contributed by atoms with E-state index in [9.17, 15) is 10.1 Å². The number of fused-ring (bicyclic) bond motifs is 1. The Bertz CT molecular complexity index is 1340. The van der Waals surface area contributed by atoms with E-state index in [0.717, 1.165) is 61.9 Å². The number of aromatic nitrogens is 5. The van der Waals surface area contributed by atoms with E-state index < -0.39 is 5.41 Å². The highest BCUT2D eigenvalue weighted by Gasteiger charge is 2.44. The second kappa shape index (κ2) is 9.59. The van der Waals surface area contributed by atoms with Crippen LogP contribution in [-0.2, 0) is 4.74 Å². The van der Waals surface area contributed by atoms with Crippen LogP contribution in [0, 0.1) is 16.7 Å². The smallest absolute Gasteiger partial charge is 0.319 e. The Morgan fingerprint density at radius 2 is 2.08 bits per heavy atom. The van der Waals surface area contributed by atoms with Crippen LogP contribution in [0.4, 0.5) is 5.82 Å². The number of nitriles is 1. The van der Waals surface area contributed by atoms with Gasteiger partial charge in [-0.3, -0.25) is 9.89 Å². The molecular weight excluding hydrogens is 472 g/mol. The highest BCUT2D eigenvalue weighted by Crippen LogP contribution is 2.45. The number of piperidine rings is 1. The van der Waals surface area contributed by atoms with Crippen molar-refractivity contribution in [3.8, 4) is 12.1 Å². The summed E-state index contributed by atoms with van der Waals surface area (Å²) in [6, 6.07) is 8.24. The minimum absolute atomic E-state index is 0.0404. The highest BCUT2D eigenvalue weighted by atomic mass is 16.5. The first-order chi connectivity index (χ1) is 18.1. The third-order valence-corrected chi connectivity index (χ3v) is 7.82. The number of pyridine rings is 1. The first kappa shape index (κ1) is 23.6. The number of H-pyrrole nitrogens is 1. The van der Waals surface area contributed by atoms with E-state index in [1.54, 1.807) is 24.3 Å². The molecule has 1 atom stereocenters. The predicted molar refractivity (Wildman–Crippen MR) is 134 cm³/mol. The number of anilines is 1. The number of methoxy groups -OCH3 is 1. The summed E-state index contributed by atoms with van der Waals surface area (Å²) < 4.78 is 11.3. The van der Waals surface area contributed by atoms with Crippen molar-refractivity contribution in [2.75, 3.05) is 44.8 Å². The lowest BCUT2D eigenvalue weighted by Crippen LogP contribution is -2.35. The molecule has 1 N–H and O–H groups in total. The number of aromatic amines is 1. The van der Waals surface area contributed by atoms with Gasteiger partial charge in [-0.1, -0.05) is 0 Å². The Morgan fingerprint density at radius 1 is 1.24 bits per heavy atom. The molecule has 192 valence electrons. The van der Waals surface area contributed by atoms with Crippen molar-refractivity contribution in [1.82, 2.24) is 30.0 Å². The first-order valence-electron chi connectivity index (χ1n) is 12.9. The summed E-state index contributed by atoms with van der Waals surface area (Å²) in [6.45, 7) is 2.93. The average Bonchev–Trinajstić information content (AvgIpc) is 3.36. The van der Waals surface area contributed by atoms with Crippen LogP contribution in [0.15, 0.2) is 24.4 Å². The normalized spacial score (nSPS) is 21.2. The SMILES string of the molecule is CO[C@@H]1CCN(C(=O)c2cc(N3CCC(c4n[nH]c5ncccc45)CC3)nc(OCC3(C#N)CC3)n2)C1. The monoisotopic (exact) mass is 502 g/mol. The van der Waals surface area contributed by atoms with Crippen molar-refractivity contribution in [2.45, 2.75) is 44.1 Å². The van der Waals surface area contributed by atoms with Gasteiger partial charge >= 0.3 is 6.01 Å². The molecule has 3 aliphatic rings. The number of nitrogens with zero attached hydrogens (tertiary/aromatic N) is 7. The second-order valence-corrected chi connectivity index (χ2v) is 10.2. The summed E-state index contributed by atoms with van der Waals surface area (Å²) in [5.74, 6) is 0.832. The van der Waals surface area contributed by atoms with Gasteiger partial charge in [0.1, 0.15) is 18.1 Å². The van der Waals surface area contributed by atoms with Crippen molar-refractivity contribution in [3.05, 3.63) is 35.8 Å². The van der Waals surface area contributed by atoms with Crippen LogP contribution in [0.2, 0.25) is 0 Å². The predicted octanol–water partition coefficient (Wildman–Crippen LogP) is 2.68. The van der Waals surface area contributed by atoms with Gasteiger partial charge in [-0.25, -0.2) is 4.98 Å². The molecule has 0 radical (unpaired) electrons. The number of amides is 1. The van der Waals surface area contributed by atoms with Gasteiger partial charge in [-0.15, -0.1) is 0 Å². The molecule has 1 amide bonds. The fourth-order valence-corrected chi connectivity index (χ4v) is 5.23. The van der Waals surface area contributed by atoms with E-state index in [0.29, 0.717) is 30.5 Å². The Labute approximate surface area is 214 Å². The molecular formula is C26H30N8O3. The van der Waals surface area contributed by atoms with Crippen LogP contribution in [0.1, 0.15) is 54.2 Å². The zero-order valence-electron chi connectivity index (χ0n) is 20.9. The molecule has 1 saturated carbocycles. The van der Waals surface area contributed by atoms with Crippen LogP contribution >= 0.6 is 0 Å². The van der Waals surface area contributed by atoms with Crippen LogP contribution in [-0.4, -0.2) is 82.0 Å². The van der Waals surface area contributed by atoms with E-state index >= 15 is 0 Å². The summed E-state index contributed by atoms with van der Waals surface area (Å²) in [4.78, 5) is 30.7. The van der Waals surface area contributed by atoms with E-state index in [4.69, 9.17) is 9.47 Å². The van der Waals surface area contributed by atoms with Gasteiger partial charge < -0.3 is 19.3 Å². The number of hydrogen-bond donors (Lipinski definition) is 1. The molecule has 11 heteroatoms. The number of rotatable bonds is 7. The summed E-state index contributed by atoms with van der Waals surface area (Å²) in [7, 11) is 1.67. The lowest BCUT2D eigenvalue weighted by molar-refractivity contribution is 0.0717. The van der Waals surface area contributed by atoms with Crippen LogP contribution < -0.4 is 9.64 Å². The quantitative estimate of drug-likeness (QED) is 0.517. The lowest BCUT2D eigenvalue weighted by Gasteiger charge is -2.32. The number of carbonyl (C=O) groups is 1. The molecule has 37 heavy (non-hydrogen) atoms. The standard InChI is InChI=1S/C26H30N8O3/c1-36-18-6-12-34(14-18)24(35)20-13-21(30-25(29-20)37-16-26(15-27)7-8-26)33-10-4-17(5-11-33)22-19-3-2-9-28-23(19)32-31-22/h2-3,9,13,17-18H,4-8,10-12,14,16H2,1H3,(H,28,31,32)/t18-/m1/s1. The Kier molecular flexibility index (Phi) is 6.12. The number of ether oxygens (including phenoxy) is 2. The topological polar surface area (TPSA) is 133 Å². The number of likely N-dealkylation sites (tertiary alicyclic amines) is 1. The molecule has 5 heterocycles. The summed E-state index contributed by atoms with van der Waals surface area (Å²) in [5, 5.41) is 18.1. The average molecular weight is 503 g/mol. The minimum atomic E-state index is -0.455. The van der Waals surface area contributed by atoms with Gasteiger partial charge in [0, 0.05) is 56.9 Å². The molecule has 3 aromatic heterocycles. The third-order valence-electron chi connectivity index (χ3n) is 7.82. The van der Waals surface area contributed by atoms with Gasteiger partial charge in [0.15, 0.2) is 5.65 Å². The summed E-state index contributed by atoms with van der Waals surface area (Å²) >= 11 is 0. The molecule has 3 fully saturated rings. The summed E-state index contributed by atoms with van der Waals surface area (Å²) in [5.41, 5.74) is 1.72. The number of carbonyl (C=O) groups excluding carboxylic acids is 1. The molecule has 0 aromatic carbocycles. The minimum Gasteiger partial charge on any atom is -0.462 e. The molecule has 11 nitrogen and oxygen atoms in total. The maximum atomic E-state index is 13.3. The van der Waals surface area contributed by atoms with Crippen molar-refractivity contribution < 1.29 is 14.3 Å². The van der Waals surface area contributed by atoms with E-state index in [-0.39, 0.29) is 24.6 Å². The molecule has 2 aliphatic heterocycles. The number of hydrogen-bond acceptors (Lipinski definition) is 9. The van der Waals surface area contributed by atoms with Crippen LogP contribution in [0.5, 0.6) is 6.01 Å². The van der Waals surface area contributed by atoms with E-state index in [2.05, 4.69) is 42.2 Å². The fourth-order valence-electron chi connectivity index (χ4n) is 5.23. The van der Waals surface area contributed by atoms with Crippen LogP contribution in [0.25, 0.3) is 11.0 Å². The van der Waals surface area contributed by atoms with Crippen molar-refractivity contribution in [3.63, 3.8) is 0 Å². The zero-order valence-corrected chi connectivity index (χ0v) is 20.9. The van der Waals surface area contributed by atoms with Crippen molar-refractivity contribution in [2.24, 2.45) is 5.41 Å². The maximum absolute atomic E-state index is 13.3. The Morgan fingerprint density at radius 3 is 2.81 bits per heavy atom. The molecule has 0 bridgehead atoms. The van der Waals surface area contributed by atoms with Crippen molar-refractivity contribution >= 4 is 22.8 Å². The first-order valence-corrected chi connectivity index (χ1v) is 12.9. The lowest BCUT2D eigenvalue weighted by atomic mass is 9.92. The zero-order chi connectivity index (χ0) is 25.4.